The molecule has 0 rings (SSSR count). The Morgan fingerprint density at radius 3 is 2.00 bits per heavy atom. The number of carbonyl (C=O) groups is 3. The van der Waals surface area contributed by atoms with E-state index in [4.69, 9.17) is 9.47 Å². The van der Waals surface area contributed by atoms with Gasteiger partial charge in [0.2, 0.25) is 0 Å². The van der Waals surface area contributed by atoms with E-state index in [1.165, 1.54) is 6.08 Å². The number of hydrogen-bond acceptors (Lipinski definition) is 5. The summed E-state index contributed by atoms with van der Waals surface area (Å²) in [6, 6.07) is 0. The van der Waals surface area contributed by atoms with Crippen LogP contribution in [0.5, 0.6) is 0 Å². The molecule has 106 valence electrons. The van der Waals surface area contributed by atoms with Gasteiger partial charge in [-0.3, -0.25) is 9.59 Å². The molecule has 0 aliphatic rings. The van der Waals surface area contributed by atoms with Crippen LogP contribution in [0.15, 0.2) is 24.8 Å². The second kappa shape index (κ2) is 9.08. The topological polar surface area (TPSA) is 69.7 Å². The number of rotatable bonds is 9. The predicted octanol–water partition coefficient (Wildman–Crippen LogP) is 1.82. The molecule has 0 aliphatic heterocycles. The maximum Gasteiger partial charge on any atom is 0.324 e. The minimum atomic E-state index is -1.60. The molecule has 19 heavy (non-hydrogen) atoms. The van der Waals surface area contributed by atoms with Gasteiger partial charge in [0, 0.05) is 6.42 Å². The fourth-order valence-electron chi connectivity index (χ4n) is 1.55. The monoisotopic (exact) mass is 268 g/mol. The molecule has 0 aliphatic carbocycles. The molecular formula is C14H20O5. The molecule has 5 nitrogen and oxygen atoms in total. The Kier molecular flexibility index (Phi) is 8.17. The molecule has 0 aromatic heterocycles. The first-order valence-electron chi connectivity index (χ1n) is 6.14. The molecule has 0 N–H and O–H groups in total. The maximum absolute atomic E-state index is 12.0. The number of esters is 2. The van der Waals surface area contributed by atoms with E-state index in [0.29, 0.717) is 6.29 Å². The average molecular weight is 268 g/mol. The van der Waals surface area contributed by atoms with E-state index in [1.807, 2.05) is 0 Å². The van der Waals surface area contributed by atoms with E-state index in [9.17, 15) is 14.4 Å². The first-order valence-corrected chi connectivity index (χ1v) is 6.14. The third-order valence-corrected chi connectivity index (χ3v) is 2.50. The lowest BCUT2D eigenvalue weighted by atomic mass is 9.81. The van der Waals surface area contributed by atoms with E-state index in [-0.39, 0.29) is 26.1 Å². The Bertz CT molecular complexity index is 339. The Balaban J connectivity index is 5.36. The van der Waals surface area contributed by atoms with Crippen LogP contribution in [0.1, 0.15) is 26.7 Å². The zero-order valence-electron chi connectivity index (χ0n) is 11.4. The van der Waals surface area contributed by atoms with Gasteiger partial charge in [0.15, 0.2) is 5.41 Å². The summed E-state index contributed by atoms with van der Waals surface area (Å²) in [4.78, 5) is 34.9. The molecule has 0 saturated heterocycles. The molecule has 0 heterocycles. The van der Waals surface area contributed by atoms with Crippen molar-refractivity contribution in [2.24, 2.45) is 5.41 Å². The van der Waals surface area contributed by atoms with E-state index in [0.717, 1.165) is 0 Å². The zero-order valence-corrected chi connectivity index (χ0v) is 11.4. The lowest BCUT2D eigenvalue weighted by Crippen LogP contribution is -2.42. The van der Waals surface area contributed by atoms with Crippen molar-refractivity contribution < 1.29 is 23.9 Å². The van der Waals surface area contributed by atoms with Crippen LogP contribution in [0.25, 0.3) is 0 Å². The van der Waals surface area contributed by atoms with Crippen molar-refractivity contribution in [3.8, 4) is 0 Å². The maximum atomic E-state index is 12.0. The zero-order chi connectivity index (χ0) is 14.7. The first-order chi connectivity index (χ1) is 9.08. The van der Waals surface area contributed by atoms with Crippen LogP contribution in [0.4, 0.5) is 0 Å². The van der Waals surface area contributed by atoms with Gasteiger partial charge in [0.1, 0.15) is 6.29 Å². The van der Waals surface area contributed by atoms with Crippen molar-refractivity contribution in [3.05, 3.63) is 24.8 Å². The fourth-order valence-corrected chi connectivity index (χ4v) is 1.55. The standard InChI is InChI=1S/C14H20O5/c1-4-7-8-9-14(10-11-15,12(16)18-5-2)13(17)19-6-3/h4,7-8,11H,1,5-6,9-10H2,2-3H3/b8-7+. The second-order valence-electron chi connectivity index (χ2n) is 3.76. The smallest absolute Gasteiger partial charge is 0.324 e. The van der Waals surface area contributed by atoms with Gasteiger partial charge in [-0.05, 0) is 20.3 Å². The molecule has 0 atom stereocenters. The van der Waals surface area contributed by atoms with Gasteiger partial charge in [0.25, 0.3) is 0 Å². The lowest BCUT2D eigenvalue weighted by Gasteiger charge is -2.26. The van der Waals surface area contributed by atoms with Crippen LogP contribution in [0, 0.1) is 5.41 Å². The molecule has 0 aromatic carbocycles. The van der Waals surface area contributed by atoms with E-state index in [2.05, 4.69) is 6.58 Å². The van der Waals surface area contributed by atoms with Crippen LogP contribution in [-0.4, -0.2) is 31.4 Å². The number of hydrogen-bond donors (Lipinski definition) is 0. The van der Waals surface area contributed by atoms with Crippen LogP contribution in [0.3, 0.4) is 0 Å². The van der Waals surface area contributed by atoms with Gasteiger partial charge in [-0.2, -0.15) is 0 Å². The number of allylic oxidation sites excluding steroid dienone is 3. The van der Waals surface area contributed by atoms with E-state index < -0.39 is 17.4 Å². The summed E-state index contributed by atoms with van der Waals surface area (Å²) in [6.07, 6.45) is 4.99. The minimum absolute atomic E-state index is 0.0371. The largest absolute Gasteiger partial charge is 0.465 e. The Morgan fingerprint density at radius 1 is 1.11 bits per heavy atom. The molecule has 0 spiro atoms. The highest BCUT2D eigenvalue weighted by atomic mass is 16.6. The molecule has 0 aromatic rings. The van der Waals surface area contributed by atoms with Gasteiger partial charge in [0.05, 0.1) is 13.2 Å². The Labute approximate surface area is 113 Å². The fraction of sp³-hybridized carbons (Fsp3) is 0.500. The first kappa shape index (κ1) is 17.1. The van der Waals surface area contributed by atoms with Crippen LogP contribution in [0.2, 0.25) is 0 Å². The highest BCUT2D eigenvalue weighted by Gasteiger charge is 2.47. The van der Waals surface area contributed by atoms with Crippen LogP contribution in [-0.2, 0) is 23.9 Å². The minimum Gasteiger partial charge on any atom is -0.465 e. The summed E-state index contributed by atoms with van der Waals surface area (Å²) in [5.74, 6) is -1.48. The van der Waals surface area contributed by atoms with Crippen molar-refractivity contribution in [2.75, 3.05) is 13.2 Å². The molecule has 0 radical (unpaired) electrons. The number of ether oxygens (including phenoxy) is 2. The summed E-state index contributed by atoms with van der Waals surface area (Å²) in [6.45, 7) is 7.02. The van der Waals surface area contributed by atoms with Crippen molar-refractivity contribution in [1.29, 1.82) is 0 Å². The van der Waals surface area contributed by atoms with E-state index in [1.54, 1.807) is 26.0 Å². The van der Waals surface area contributed by atoms with Gasteiger partial charge in [-0.1, -0.05) is 24.8 Å². The summed E-state index contributed by atoms with van der Waals surface area (Å²) < 4.78 is 9.80. The Hall–Kier alpha value is -1.91. The van der Waals surface area contributed by atoms with Gasteiger partial charge < -0.3 is 14.3 Å². The average Bonchev–Trinajstić information content (AvgIpc) is 2.38. The molecule has 0 unspecified atom stereocenters. The highest BCUT2D eigenvalue weighted by Crippen LogP contribution is 2.30. The normalized spacial score (nSPS) is 11.1. The molecule has 0 amide bonds. The molecule has 0 saturated carbocycles. The summed E-state index contributed by atoms with van der Waals surface area (Å²) >= 11 is 0. The van der Waals surface area contributed by atoms with Crippen LogP contribution < -0.4 is 0 Å². The van der Waals surface area contributed by atoms with E-state index >= 15 is 0 Å². The lowest BCUT2D eigenvalue weighted by molar-refractivity contribution is -0.173. The van der Waals surface area contributed by atoms with Gasteiger partial charge in [-0.15, -0.1) is 0 Å². The third kappa shape index (κ3) is 4.69. The van der Waals surface area contributed by atoms with Crippen molar-refractivity contribution in [2.45, 2.75) is 26.7 Å². The summed E-state index contributed by atoms with van der Waals surface area (Å²) in [5, 5.41) is 0. The second-order valence-corrected chi connectivity index (χ2v) is 3.76. The van der Waals surface area contributed by atoms with Crippen LogP contribution >= 0.6 is 0 Å². The predicted molar refractivity (Wildman–Crippen MR) is 70.3 cm³/mol. The summed E-state index contributed by atoms with van der Waals surface area (Å²) in [5.41, 5.74) is -1.60. The van der Waals surface area contributed by atoms with Crippen molar-refractivity contribution >= 4 is 18.2 Å². The summed E-state index contributed by atoms with van der Waals surface area (Å²) in [7, 11) is 0. The third-order valence-electron chi connectivity index (χ3n) is 2.50. The number of carbonyl (C=O) groups excluding carboxylic acids is 3. The van der Waals surface area contributed by atoms with Gasteiger partial charge >= 0.3 is 11.9 Å². The van der Waals surface area contributed by atoms with Gasteiger partial charge in [-0.25, -0.2) is 0 Å². The van der Waals surface area contributed by atoms with Crippen molar-refractivity contribution in [3.63, 3.8) is 0 Å². The molecule has 0 fully saturated rings. The SMILES string of the molecule is C=C/C=C/CC(CC=O)(C(=O)OCC)C(=O)OCC. The highest BCUT2D eigenvalue weighted by molar-refractivity contribution is 6.02. The quantitative estimate of drug-likeness (QED) is 0.276. The molecule has 0 bridgehead atoms. The number of aldehydes is 1. The molecule has 5 heteroatoms. The molecular weight excluding hydrogens is 248 g/mol. The Morgan fingerprint density at radius 2 is 1.63 bits per heavy atom. The van der Waals surface area contributed by atoms with Crippen molar-refractivity contribution in [1.82, 2.24) is 0 Å².